The Morgan fingerprint density at radius 3 is 1.98 bits per heavy atom. The average Bonchev–Trinajstić information content (AvgIpc) is 3.67. The van der Waals surface area contributed by atoms with E-state index in [2.05, 4.69) is 124 Å². The van der Waals surface area contributed by atoms with Gasteiger partial charge in [0, 0.05) is 38.7 Å². The van der Waals surface area contributed by atoms with E-state index in [9.17, 15) is 10.5 Å². The SMILES string of the molecule is N#Cc1ccc2c(c1)c1ccccc1n2-c1cc(-c2ccccc2-c2ccccc2C#N)cc(-n2c3c(c4ccccc42)C=CNC3)c1. The highest BCUT2D eigenvalue weighted by molar-refractivity contribution is 6.10. The highest BCUT2D eigenvalue weighted by Crippen LogP contribution is 2.40. The maximum atomic E-state index is 10.0. The van der Waals surface area contributed by atoms with Crippen molar-refractivity contribution in [3.8, 4) is 45.8 Å². The summed E-state index contributed by atoms with van der Waals surface area (Å²) in [6, 6.07) is 50.5. The molecule has 48 heavy (non-hydrogen) atoms. The Labute approximate surface area is 277 Å². The number of fused-ring (bicyclic) bond motifs is 6. The minimum absolute atomic E-state index is 0.635. The van der Waals surface area contributed by atoms with Gasteiger partial charge in [-0.3, -0.25) is 0 Å². The van der Waals surface area contributed by atoms with E-state index in [4.69, 9.17) is 0 Å². The lowest BCUT2D eigenvalue weighted by Crippen LogP contribution is -2.14. The largest absolute Gasteiger partial charge is 0.385 e. The van der Waals surface area contributed by atoms with Gasteiger partial charge in [0.15, 0.2) is 0 Å². The summed E-state index contributed by atoms with van der Waals surface area (Å²) < 4.78 is 4.68. The third-order valence-corrected chi connectivity index (χ3v) is 9.45. The molecule has 224 valence electrons. The second-order valence-electron chi connectivity index (χ2n) is 12.1. The molecule has 0 unspecified atom stereocenters. The molecule has 6 aromatic carbocycles. The Morgan fingerprint density at radius 2 is 1.19 bits per heavy atom. The van der Waals surface area contributed by atoms with Crippen LogP contribution in [-0.4, -0.2) is 9.13 Å². The average molecular weight is 614 g/mol. The van der Waals surface area contributed by atoms with Crippen LogP contribution in [0.25, 0.3) is 72.4 Å². The van der Waals surface area contributed by atoms with Crippen LogP contribution in [0.15, 0.2) is 140 Å². The molecule has 0 fully saturated rings. The zero-order valence-corrected chi connectivity index (χ0v) is 25.9. The summed E-state index contributed by atoms with van der Waals surface area (Å²) in [7, 11) is 0. The number of nitriles is 2. The fourth-order valence-electron chi connectivity index (χ4n) is 7.39. The van der Waals surface area contributed by atoms with Gasteiger partial charge in [-0.25, -0.2) is 0 Å². The Balaban J connectivity index is 1.40. The predicted octanol–water partition coefficient (Wildman–Crippen LogP) is 9.88. The number of hydrogen-bond acceptors (Lipinski definition) is 3. The first-order chi connectivity index (χ1) is 23.7. The lowest BCUT2D eigenvalue weighted by molar-refractivity contribution is 0.803. The number of nitrogens with one attached hydrogen (secondary N) is 1. The van der Waals surface area contributed by atoms with Crippen molar-refractivity contribution in [3.05, 3.63) is 162 Å². The highest BCUT2D eigenvalue weighted by atomic mass is 15.0. The lowest BCUT2D eigenvalue weighted by atomic mass is 9.91. The fourth-order valence-corrected chi connectivity index (χ4v) is 7.39. The molecular formula is C43H27N5. The first-order valence-electron chi connectivity index (χ1n) is 15.9. The summed E-state index contributed by atoms with van der Waals surface area (Å²) in [4.78, 5) is 0. The highest BCUT2D eigenvalue weighted by Gasteiger charge is 2.21. The number of hydrogen-bond donors (Lipinski definition) is 1. The van der Waals surface area contributed by atoms with Crippen LogP contribution in [0.2, 0.25) is 0 Å². The van der Waals surface area contributed by atoms with Crippen molar-refractivity contribution >= 4 is 38.8 Å². The molecule has 0 spiro atoms. The number of benzene rings is 6. The van der Waals surface area contributed by atoms with Gasteiger partial charge < -0.3 is 14.5 Å². The quantitative estimate of drug-likeness (QED) is 0.215. The van der Waals surface area contributed by atoms with Gasteiger partial charge in [-0.15, -0.1) is 0 Å². The monoisotopic (exact) mass is 613 g/mol. The van der Waals surface area contributed by atoms with Gasteiger partial charge in [0.2, 0.25) is 0 Å². The van der Waals surface area contributed by atoms with E-state index in [1.54, 1.807) is 0 Å². The molecule has 0 aliphatic carbocycles. The van der Waals surface area contributed by atoms with Crippen LogP contribution in [0.3, 0.4) is 0 Å². The van der Waals surface area contributed by atoms with Gasteiger partial charge in [0.1, 0.15) is 0 Å². The molecule has 1 aliphatic rings. The van der Waals surface area contributed by atoms with Crippen LogP contribution in [0.5, 0.6) is 0 Å². The van der Waals surface area contributed by atoms with Crippen molar-refractivity contribution in [2.24, 2.45) is 0 Å². The number of rotatable bonds is 4. The van der Waals surface area contributed by atoms with Gasteiger partial charge in [-0.1, -0.05) is 78.9 Å². The molecule has 1 aliphatic heterocycles. The van der Waals surface area contributed by atoms with Crippen molar-refractivity contribution in [2.45, 2.75) is 6.54 Å². The first kappa shape index (κ1) is 27.5. The zero-order chi connectivity index (χ0) is 32.2. The molecule has 9 rings (SSSR count). The molecule has 5 heteroatoms. The second kappa shape index (κ2) is 10.9. The van der Waals surface area contributed by atoms with Crippen molar-refractivity contribution in [1.82, 2.24) is 14.5 Å². The van der Waals surface area contributed by atoms with E-state index in [1.807, 2.05) is 48.7 Å². The molecular weight excluding hydrogens is 587 g/mol. The normalized spacial score (nSPS) is 12.1. The smallest absolute Gasteiger partial charge is 0.0998 e. The Hall–Kier alpha value is -6.82. The van der Waals surface area contributed by atoms with Crippen molar-refractivity contribution in [2.75, 3.05) is 0 Å². The summed E-state index contributed by atoms with van der Waals surface area (Å²) in [5.74, 6) is 0. The molecule has 2 aromatic heterocycles. The van der Waals surface area contributed by atoms with Crippen molar-refractivity contribution < 1.29 is 0 Å². The molecule has 1 N–H and O–H groups in total. The van der Waals surface area contributed by atoms with Gasteiger partial charge in [-0.2, -0.15) is 10.5 Å². The summed E-state index contributed by atoms with van der Waals surface area (Å²) in [6.07, 6.45) is 4.19. The summed E-state index contributed by atoms with van der Waals surface area (Å²) in [6.45, 7) is 0.707. The van der Waals surface area contributed by atoms with E-state index in [1.165, 1.54) is 16.6 Å². The van der Waals surface area contributed by atoms with Crippen molar-refractivity contribution in [3.63, 3.8) is 0 Å². The van der Waals surface area contributed by atoms with Crippen LogP contribution >= 0.6 is 0 Å². The third kappa shape index (κ3) is 4.16. The molecule has 0 bridgehead atoms. The molecule has 0 saturated carbocycles. The molecule has 0 radical (unpaired) electrons. The second-order valence-corrected chi connectivity index (χ2v) is 12.1. The Morgan fingerprint density at radius 1 is 0.542 bits per heavy atom. The number of aromatic nitrogens is 2. The van der Waals surface area contributed by atoms with Gasteiger partial charge in [0.25, 0.3) is 0 Å². The standard InChI is InChI=1S/C43H27N5/c44-25-28-17-18-42-39(21-28)37-14-6-8-16-41(37)47(42)31-22-30(34-11-3-4-12-35(34)33-10-2-1-9-29(33)26-45)23-32(24-31)48-40-15-7-5-13-36(40)38-19-20-46-27-43(38)48/h1-24,46H,27H2. The number of nitrogens with zero attached hydrogens (tertiary/aromatic N) is 4. The van der Waals surface area contributed by atoms with Crippen LogP contribution < -0.4 is 5.32 Å². The maximum absolute atomic E-state index is 10.0. The molecule has 0 atom stereocenters. The van der Waals surface area contributed by atoms with Crippen molar-refractivity contribution in [1.29, 1.82) is 10.5 Å². The van der Waals surface area contributed by atoms with Crippen LogP contribution in [0, 0.1) is 22.7 Å². The van der Waals surface area contributed by atoms with Crippen LogP contribution in [0.1, 0.15) is 22.4 Å². The van der Waals surface area contributed by atoms with E-state index < -0.39 is 0 Å². The minimum atomic E-state index is 0.635. The van der Waals surface area contributed by atoms with Gasteiger partial charge >= 0.3 is 0 Å². The van der Waals surface area contributed by atoms with Gasteiger partial charge in [0.05, 0.1) is 52.1 Å². The van der Waals surface area contributed by atoms with E-state index in [0.717, 1.165) is 61.0 Å². The summed E-state index contributed by atoms with van der Waals surface area (Å²) >= 11 is 0. The molecule has 5 nitrogen and oxygen atoms in total. The van der Waals surface area contributed by atoms with E-state index in [-0.39, 0.29) is 0 Å². The molecule has 3 heterocycles. The topological polar surface area (TPSA) is 69.5 Å². The molecule has 0 saturated heterocycles. The molecule has 0 amide bonds. The Bertz CT molecular complexity index is 2710. The predicted molar refractivity (Wildman–Crippen MR) is 194 cm³/mol. The maximum Gasteiger partial charge on any atom is 0.0998 e. The summed E-state index contributed by atoms with van der Waals surface area (Å²) in [5.41, 5.74) is 13.0. The van der Waals surface area contributed by atoms with Crippen LogP contribution in [-0.2, 0) is 6.54 Å². The minimum Gasteiger partial charge on any atom is -0.385 e. The van der Waals surface area contributed by atoms with Crippen LogP contribution in [0.4, 0.5) is 0 Å². The number of para-hydroxylation sites is 2. The first-order valence-corrected chi connectivity index (χ1v) is 15.9. The summed E-state index contributed by atoms with van der Waals surface area (Å²) in [5, 5.41) is 26.6. The molecule has 8 aromatic rings. The van der Waals surface area contributed by atoms with Gasteiger partial charge in [-0.05, 0) is 83.6 Å². The van der Waals surface area contributed by atoms with E-state index in [0.29, 0.717) is 17.7 Å². The fraction of sp³-hybridized carbons (Fsp3) is 0.0233. The zero-order valence-electron chi connectivity index (χ0n) is 25.9. The lowest BCUT2D eigenvalue weighted by Gasteiger charge is -2.19. The van der Waals surface area contributed by atoms with E-state index >= 15 is 0 Å². The Kier molecular flexibility index (Phi) is 6.25. The third-order valence-electron chi connectivity index (χ3n) is 9.45.